The highest BCUT2D eigenvalue weighted by molar-refractivity contribution is 6.09. The van der Waals surface area contributed by atoms with Crippen molar-refractivity contribution in [1.82, 2.24) is 24.6 Å². The number of nitrogens with two attached hydrogens (primary N) is 1. The summed E-state index contributed by atoms with van der Waals surface area (Å²) < 4.78 is 8.15. The average Bonchev–Trinajstić information content (AvgIpc) is 3.57. The van der Waals surface area contributed by atoms with Gasteiger partial charge in [-0.2, -0.15) is 0 Å². The molecule has 11 heteroatoms. The Labute approximate surface area is 280 Å². The predicted octanol–water partition coefficient (Wildman–Crippen LogP) is 3.00. The molecule has 0 saturated carbocycles. The highest BCUT2D eigenvalue weighted by Gasteiger charge is 2.36. The van der Waals surface area contributed by atoms with Crippen molar-refractivity contribution in [3.63, 3.8) is 0 Å². The van der Waals surface area contributed by atoms with E-state index in [1.54, 1.807) is 19.0 Å². The first-order valence-electron chi connectivity index (χ1n) is 16.5. The van der Waals surface area contributed by atoms with Gasteiger partial charge >= 0.3 is 0 Å². The topological polar surface area (TPSA) is 130 Å². The largest absolute Gasteiger partial charge is 0.491 e. The molecule has 3 N–H and O–H groups in total. The number of nitrogens with zero attached hydrogens (tertiary/aromatic N) is 4. The Morgan fingerprint density at radius 3 is 2.54 bits per heavy atom. The number of hydrogen-bond donors (Lipinski definition) is 2. The van der Waals surface area contributed by atoms with Crippen molar-refractivity contribution in [1.29, 1.82) is 0 Å². The molecule has 0 unspecified atom stereocenters. The molecule has 1 aromatic heterocycles. The summed E-state index contributed by atoms with van der Waals surface area (Å²) in [7, 11) is 5.09. The van der Waals surface area contributed by atoms with Gasteiger partial charge in [0.05, 0.1) is 18.2 Å². The van der Waals surface area contributed by atoms with Crippen LogP contribution in [0.2, 0.25) is 0 Å². The Bertz CT molecular complexity index is 1880. The van der Waals surface area contributed by atoms with Crippen LogP contribution in [0, 0.1) is 6.92 Å². The smallest absolute Gasteiger partial charge is 0.256 e. The zero-order valence-corrected chi connectivity index (χ0v) is 28.1. The first-order valence-corrected chi connectivity index (χ1v) is 16.5. The zero-order chi connectivity index (χ0) is 34.1. The Hall–Kier alpha value is -4.90. The molecule has 6 rings (SSSR count). The molecule has 3 heterocycles. The van der Waals surface area contributed by atoms with Crippen LogP contribution in [-0.2, 0) is 27.9 Å². The summed E-state index contributed by atoms with van der Waals surface area (Å²) in [6.07, 6.45) is 1.27. The van der Waals surface area contributed by atoms with Crippen LogP contribution in [0.1, 0.15) is 40.9 Å². The van der Waals surface area contributed by atoms with Crippen LogP contribution in [0.3, 0.4) is 0 Å². The van der Waals surface area contributed by atoms with Crippen molar-refractivity contribution < 1.29 is 23.9 Å². The molecule has 2 bridgehead atoms. The molecule has 1 saturated heterocycles. The Morgan fingerprint density at radius 2 is 1.75 bits per heavy atom. The van der Waals surface area contributed by atoms with Crippen LogP contribution < -0.4 is 15.8 Å². The van der Waals surface area contributed by atoms with Crippen LogP contribution in [0.4, 0.5) is 0 Å². The van der Waals surface area contributed by atoms with Crippen molar-refractivity contribution >= 4 is 45.3 Å². The molecular formula is C37H44N6O5. The highest BCUT2D eigenvalue weighted by atomic mass is 16.5. The Morgan fingerprint density at radius 1 is 0.979 bits per heavy atom. The molecule has 3 atom stereocenters. The number of carbonyl (C=O) groups excluding carboxylic acids is 4. The molecule has 48 heavy (non-hydrogen) atoms. The van der Waals surface area contributed by atoms with Gasteiger partial charge in [-0.3, -0.25) is 19.2 Å². The second kappa shape index (κ2) is 13.7. The number of aryl methyl sites for hydroxylation is 1. The number of rotatable bonds is 4. The number of aromatic nitrogens is 1. The SMILES string of the molecule is Cc1c2c3cc(ccc3n1C)OC[C@@H]1C[C@@H](N)CN1C(=O)CN(C)C(=O)CC[C@@H](C(=O)NCCc1ccc3ccccc3c1)N(C)C2=O. The van der Waals surface area contributed by atoms with E-state index in [4.69, 9.17) is 10.5 Å². The summed E-state index contributed by atoms with van der Waals surface area (Å²) in [6.45, 7) is 2.75. The number of amides is 4. The molecule has 1 fully saturated rings. The molecule has 11 nitrogen and oxygen atoms in total. The summed E-state index contributed by atoms with van der Waals surface area (Å²) in [4.78, 5) is 59.3. The molecule has 252 valence electrons. The summed E-state index contributed by atoms with van der Waals surface area (Å²) in [5.41, 5.74) is 9.41. The van der Waals surface area contributed by atoms with Gasteiger partial charge in [-0.25, -0.2) is 0 Å². The number of hydrogen-bond acceptors (Lipinski definition) is 6. The van der Waals surface area contributed by atoms with Crippen molar-refractivity contribution in [3.8, 4) is 5.75 Å². The standard InChI is InChI=1S/C37H44N6O5/c1-23-35-30-19-29(11-12-31(30)41(23)3)48-22-28-18-27(38)20-43(28)34(45)21-40(2)33(44)14-13-32(42(4)37(35)47)36(46)39-16-15-24-9-10-25-7-5-6-8-26(25)17-24/h5-12,17,19,27-28,32H,13-16,18,20-22,38H2,1-4H3,(H,39,46)/t27-,28+,32+/m1/s1. The number of fused-ring (bicyclic) bond motifs is 3. The maximum atomic E-state index is 14.3. The molecule has 4 amide bonds. The zero-order valence-electron chi connectivity index (χ0n) is 28.1. The maximum Gasteiger partial charge on any atom is 0.256 e. The van der Waals surface area contributed by atoms with Gasteiger partial charge in [0.1, 0.15) is 18.4 Å². The van der Waals surface area contributed by atoms with Crippen molar-refractivity contribution in [2.75, 3.05) is 40.3 Å². The van der Waals surface area contributed by atoms with Gasteiger partial charge in [-0.15, -0.1) is 0 Å². The predicted molar refractivity (Wildman–Crippen MR) is 185 cm³/mol. The molecule has 0 radical (unpaired) electrons. The fraction of sp³-hybridized carbons (Fsp3) is 0.405. The highest BCUT2D eigenvalue weighted by Crippen LogP contribution is 2.31. The van der Waals surface area contributed by atoms with Gasteiger partial charge in [-0.05, 0) is 60.7 Å². The first-order chi connectivity index (χ1) is 23.0. The van der Waals surface area contributed by atoms with Crippen LogP contribution >= 0.6 is 0 Å². The van der Waals surface area contributed by atoms with Crippen LogP contribution in [0.25, 0.3) is 21.7 Å². The molecular weight excluding hydrogens is 608 g/mol. The monoisotopic (exact) mass is 652 g/mol. The van der Waals surface area contributed by atoms with Gasteiger partial charge in [0, 0.05) is 63.3 Å². The van der Waals surface area contributed by atoms with Gasteiger partial charge in [0.15, 0.2) is 0 Å². The summed E-state index contributed by atoms with van der Waals surface area (Å²) in [6, 6.07) is 18.6. The molecule has 0 aliphatic carbocycles. The lowest BCUT2D eigenvalue weighted by molar-refractivity contribution is -0.140. The second-order valence-electron chi connectivity index (χ2n) is 13.1. The summed E-state index contributed by atoms with van der Waals surface area (Å²) in [5.74, 6) is -0.588. The van der Waals surface area contributed by atoms with Crippen molar-refractivity contribution in [2.24, 2.45) is 12.8 Å². The summed E-state index contributed by atoms with van der Waals surface area (Å²) in [5, 5.41) is 6.00. The third-order valence-electron chi connectivity index (χ3n) is 9.93. The molecule has 0 spiro atoms. The minimum Gasteiger partial charge on any atom is -0.491 e. The molecule has 3 aromatic carbocycles. The van der Waals surface area contributed by atoms with Crippen LogP contribution in [0.5, 0.6) is 5.75 Å². The lowest BCUT2D eigenvalue weighted by Gasteiger charge is -2.29. The lowest BCUT2D eigenvalue weighted by Crippen LogP contribution is -2.49. The fourth-order valence-electron chi connectivity index (χ4n) is 7.01. The fourth-order valence-corrected chi connectivity index (χ4v) is 7.01. The average molecular weight is 653 g/mol. The van der Waals surface area contributed by atoms with Gasteiger partial charge in [0.2, 0.25) is 17.7 Å². The number of likely N-dealkylation sites (N-methyl/N-ethyl adjacent to an activating group) is 2. The third kappa shape index (κ3) is 6.60. The van der Waals surface area contributed by atoms with E-state index in [9.17, 15) is 19.2 Å². The van der Waals surface area contributed by atoms with Crippen LogP contribution in [-0.4, -0.2) is 101 Å². The number of benzene rings is 3. The number of carbonyl (C=O) groups is 4. The van der Waals surface area contributed by atoms with Gasteiger partial charge in [0.25, 0.3) is 5.91 Å². The van der Waals surface area contributed by atoms with E-state index in [-0.39, 0.29) is 61.7 Å². The minimum atomic E-state index is -0.923. The normalized spacial score (nSPS) is 21.1. The molecule has 2 aliphatic heterocycles. The lowest BCUT2D eigenvalue weighted by atomic mass is 10.0. The van der Waals surface area contributed by atoms with Crippen molar-refractivity contribution in [2.45, 2.75) is 50.7 Å². The van der Waals surface area contributed by atoms with Crippen LogP contribution in [0.15, 0.2) is 60.7 Å². The minimum absolute atomic E-state index is 0.0190. The van der Waals surface area contributed by atoms with E-state index in [1.165, 1.54) is 9.80 Å². The van der Waals surface area contributed by atoms with E-state index in [2.05, 4.69) is 29.6 Å². The number of nitrogens with one attached hydrogen (secondary N) is 1. The van der Waals surface area contributed by atoms with Gasteiger partial charge in [-0.1, -0.05) is 42.5 Å². The maximum absolute atomic E-state index is 14.3. The number of ether oxygens (including phenoxy) is 1. The molecule has 4 aromatic rings. The summed E-state index contributed by atoms with van der Waals surface area (Å²) >= 11 is 0. The molecule has 2 aliphatic rings. The third-order valence-corrected chi connectivity index (χ3v) is 9.93. The first kappa shape index (κ1) is 33.0. The Kier molecular flexibility index (Phi) is 9.41. The second-order valence-corrected chi connectivity index (χ2v) is 13.1. The quantitative estimate of drug-likeness (QED) is 0.349. The van der Waals surface area contributed by atoms with E-state index in [1.807, 2.05) is 54.9 Å². The van der Waals surface area contributed by atoms with Crippen molar-refractivity contribution in [3.05, 3.63) is 77.5 Å². The van der Waals surface area contributed by atoms with E-state index in [0.717, 1.165) is 27.5 Å². The Balaban J connectivity index is 1.28. The van der Waals surface area contributed by atoms with E-state index >= 15 is 0 Å². The van der Waals surface area contributed by atoms with E-state index < -0.39 is 6.04 Å². The van der Waals surface area contributed by atoms with Gasteiger partial charge < -0.3 is 35.1 Å². The van der Waals surface area contributed by atoms with E-state index in [0.29, 0.717) is 42.6 Å².